The van der Waals surface area contributed by atoms with Gasteiger partial charge < -0.3 is 4.74 Å². The van der Waals surface area contributed by atoms with Crippen LogP contribution in [0.25, 0.3) is 0 Å². The second kappa shape index (κ2) is 14.5. The molecule has 2 amide bonds. The summed E-state index contributed by atoms with van der Waals surface area (Å²) in [6, 6.07) is 0. The van der Waals surface area contributed by atoms with Crippen molar-refractivity contribution in [2.45, 2.75) is 66.7 Å². The summed E-state index contributed by atoms with van der Waals surface area (Å²) in [7, 11) is 1.40. The molecule has 0 saturated heterocycles. The van der Waals surface area contributed by atoms with Crippen LogP contribution in [0.3, 0.4) is 0 Å². The Hall–Kier alpha value is -1.39. The highest BCUT2D eigenvalue weighted by atomic mass is 16.5. The molecule has 0 atom stereocenters. The molecule has 1 saturated carbocycles. The average molecular weight is 315 g/mol. The number of amides is 2. The zero-order valence-corrected chi connectivity index (χ0v) is 15.1. The third kappa shape index (κ3) is 9.53. The fourth-order valence-electron chi connectivity index (χ4n) is 2.27. The highest BCUT2D eigenvalue weighted by Crippen LogP contribution is 2.29. The van der Waals surface area contributed by atoms with Gasteiger partial charge in [0.25, 0.3) is 0 Å². The quantitative estimate of drug-likeness (QED) is 0.589. The van der Waals surface area contributed by atoms with Crippen LogP contribution >= 0.6 is 0 Å². The van der Waals surface area contributed by atoms with E-state index in [2.05, 4.69) is 13.8 Å². The van der Waals surface area contributed by atoms with E-state index in [4.69, 9.17) is 4.74 Å². The number of esters is 1. The van der Waals surface area contributed by atoms with Gasteiger partial charge >= 0.3 is 5.97 Å². The number of nitrogens with zero attached hydrogens (tertiary/aromatic N) is 1. The van der Waals surface area contributed by atoms with Crippen molar-refractivity contribution >= 4 is 18.3 Å². The Morgan fingerprint density at radius 3 is 1.91 bits per heavy atom. The van der Waals surface area contributed by atoms with Gasteiger partial charge in [-0.05, 0) is 31.6 Å². The number of methoxy groups -OCH3 is 1. The lowest BCUT2D eigenvalue weighted by atomic mass is 9.82. The van der Waals surface area contributed by atoms with Crippen molar-refractivity contribution < 1.29 is 19.1 Å². The number of rotatable bonds is 4. The minimum absolute atomic E-state index is 0.0155. The van der Waals surface area contributed by atoms with E-state index < -0.39 is 0 Å². The van der Waals surface area contributed by atoms with E-state index in [9.17, 15) is 14.4 Å². The van der Waals surface area contributed by atoms with Gasteiger partial charge in [-0.1, -0.05) is 34.1 Å². The van der Waals surface area contributed by atoms with Gasteiger partial charge in [-0.15, -0.1) is 0 Å². The number of carbonyl (C=O) groups is 3. The van der Waals surface area contributed by atoms with Crippen molar-refractivity contribution in [3.05, 3.63) is 0 Å². The highest BCUT2D eigenvalue weighted by molar-refractivity contribution is 5.84. The fourth-order valence-corrected chi connectivity index (χ4v) is 2.27. The predicted molar refractivity (Wildman–Crippen MR) is 88.2 cm³/mol. The molecular formula is C17H33NO4. The second-order valence-corrected chi connectivity index (χ2v) is 5.22. The predicted octanol–water partition coefficient (Wildman–Crippen LogP) is 3.41. The molecule has 0 aromatic rings. The second-order valence-electron chi connectivity index (χ2n) is 5.22. The fraction of sp³-hybridized carbons (Fsp3) is 0.824. The van der Waals surface area contributed by atoms with Crippen molar-refractivity contribution in [3.8, 4) is 0 Å². The molecule has 0 aliphatic heterocycles. The first kappa shape index (κ1) is 22.9. The van der Waals surface area contributed by atoms with Crippen LogP contribution in [0.4, 0.5) is 0 Å². The third-order valence-corrected chi connectivity index (χ3v) is 3.37. The lowest BCUT2D eigenvalue weighted by Crippen LogP contribution is -2.34. The summed E-state index contributed by atoms with van der Waals surface area (Å²) in [5.41, 5.74) is 0. The Kier molecular flexibility index (Phi) is 15.1. The molecule has 5 nitrogen and oxygen atoms in total. The van der Waals surface area contributed by atoms with Crippen molar-refractivity contribution in [1.29, 1.82) is 0 Å². The Labute approximate surface area is 135 Å². The Balaban J connectivity index is 0. The summed E-state index contributed by atoms with van der Waals surface area (Å²) in [6.45, 7) is 10.1. The highest BCUT2D eigenvalue weighted by Gasteiger charge is 2.28. The standard InChI is InChI=1S/C12H19NO4.C3H8.C2H6/c1-9(15)13(8-14)7-10-3-5-11(6-4-10)12(16)17-2;1-3-2;1-2/h8,10-11H,3-7H2,1-2H3;3H2,1-2H3;1-2H3. The number of ether oxygens (including phenoxy) is 1. The Bertz CT molecular complexity index is 310. The van der Waals surface area contributed by atoms with E-state index in [1.165, 1.54) is 25.4 Å². The monoisotopic (exact) mass is 315 g/mol. The van der Waals surface area contributed by atoms with Gasteiger partial charge in [-0.2, -0.15) is 0 Å². The van der Waals surface area contributed by atoms with E-state index in [-0.39, 0.29) is 17.8 Å². The number of hydrogen-bond donors (Lipinski definition) is 0. The lowest BCUT2D eigenvalue weighted by molar-refractivity contribution is -0.147. The lowest BCUT2D eigenvalue weighted by Gasteiger charge is -2.29. The molecule has 1 aliphatic carbocycles. The van der Waals surface area contributed by atoms with Crippen LogP contribution in [0.15, 0.2) is 0 Å². The van der Waals surface area contributed by atoms with Gasteiger partial charge in [0, 0.05) is 13.5 Å². The van der Waals surface area contributed by atoms with Crippen LogP contribution in [0.1, 0.15) is 66.7 Å². The Morgan fingerprint density at radius 2 is 1.59 bits per heavy atom. The first-order valence-corrected chi connectivity index (χ1v) is 8.30. The molecule has 130 valence electrons. The number of hydrogen-bond acceptors (Lipinski definition) is 4. The first-order chi connectivity index (χ1) is 10.5. The molecular weight excluding hydrogens is 282 g/mol. The molecule has 5 heteroatoms. The maximum absolute atomic E-state index is 11.3. The summed E-state index contributed by atoms with van der Waals surface area (Å²) < 4.78 is 4.71. The van der Waals surface area contributed by atoms with Crippen LogP contribution in [0, 0.1) is 11.8 Å². The topological polar surface area (TPSA) is 63.7 Å². The van der Waals surface area contributed by atoms with Crippen LogP contribution in [-0.2, 0) is 19.1 Å². The molecule has 0 radical (unpaired) electrons. The van der Waals surface area contributed by atoms with Crippen molar-refractivity contribution in [2.24, 2.45) is 11.8 Å². The van der Waals surface area contributed by atoms with Crippen molar-refractivity contribution in [3.63, 3.8) is 0 Å². The van der Waals surface area contributed by atoms with Gasteiger partial charge in [-0.3, -0.25) is 19.3 Å². The molecule has 1 aliphatic rings. The molecule has 0 spiro atoms. The van der Waals surface area contributed by atoms with Crippen LogP contribution < -0.4 is 0 Å². The van der Waals surface area contributed by atoms with E-state index in [1.807, 2.05) is 13.8 Å². The summed E-state index contributed by atoms with van der Waals surface area (Å²) in [5, 5.41) is 0. The minimum atomic E-state index is -0.227. The van der Waals surface area contributed by atoms with Gasteiger partial charge in [0.1, 0.15) is 0 Å². The summed E-state index contributed by atoms with van der Waals surface area (Å²) in [5.74, 6) is -0.0828. The van der Waals surface area contributed by atoms with E-state index in [1.54, 1.807) is 0 Å². The van der Waals surface area contributed by atoms with Gasteiger partial charge in [0.05, 0.1) is 13.0 Å². The van der Waals surface area contributed by atoms with Gasteiger partial charge in [0.15, 0.2) is 0 Å². The van der Waals surface area contributed by atoms with Crippen LogP contribution in [0.2, 0.25) is 0 Å². The van der Waals surface area contributed by atoms with Crippen molar-refractivity contribution in [2.75, 3.05) is 13.7 Å². The number of carbonyl (C=O) groups excluding carboxylic acids is 3. The molecule has 0 heterocycles. The minimum Gasteiger partial charge on any atom is -0.469 e. The van der Waals surface area contributed by atoms with E-state index in [0.717, 1.165) is 25.7 Å². The molecule has 0 unspecified atom stereocenters. The molecule has 22 heavy (non-hydrogen) atoms. The average Bonchev–Trinajstić information content (AvgIpc) is 2.54. The first-order valence-electron chi connectivity index (χ1n) is 8.30. The summed E-state index contributed by atoms with van der Waals surface area (Å²) in [4.78, 5) is 34.3. The molecule has 0 N–H and O–H groups in total. The molecule has 0 aromatic carbocycles. The normalized spacial score (nSPS) is 19.5. The molecule has 0 bridgehead atoms. The molecule has 0 aromatic heterocycles. The van der Waals surface area contributed by atoms with E-state index >= 15 is 0 Å². The SMILES string of the molecule is CC.CCC.COC(=O)C1CCC(CN(C=O)C(C)=O)CC1. The summed E-state index contributed by atoms with van der Waals surface area (Å²) in [6.07, 6.45) is 5.10. The smallest absolute Gasteiger partial charge is 0.308 e. The zero-order valence-electron chi connectivity index (χ0n) is 15.1. The molecule has 1 fully saturated rings. The van der Waals surface area contributed by atoms with Gasteiger partial charge in [-0.25, -0.2) is 0 Å². The number of imide groups is 1. The van der Waals surface area contributed by atoms with E-state index in [0.29, 0.717) is 18.9 Å². The van der Waals surface area contributed by atoms with Crippen LogP contribution in [0.5, 0.6) is 0 Å². The maximum Gasteiger partial charge on any atom is 0.308 e. The largest absolute Gasteiger partial charge is 0.469 e. The van der Waals surface area contributed by atoms with Gasteiger partial charge in [0.2, 0.25) is 12.3 Å². The maximum atomic E-state index is 11.3. The Morgan fingerprint density at radius 1 is 1.14 bits per heavy atom. The summed E-state index contributed by atoms with van der Waals surface area (Å²) >= 11 is 0. The van der Waals surface area contributed by atoms with Crippen LogP contribution in [-0.4, -0.2) is 36.8 Å². The third-order valence-electron chi connectivity index (χ3n) is 3.37. The van der Waals surface area contributed by atoms with Crippen molar-refractivity contribution in [1.82, 2.24) is 4.90 Å². The molecule has 1 rings (SSSR count). The zero-order chi connectivity index (χ0) is 17.5.